The van der Waals surface area contributed by atoms with Gasteiger partial charge in [-0.15, -0.1) is 5.10 Å². The zero-order valence-corrected chi connectivity index (χ0v) is 11.8. The maximum absolute atomic E-state index is 12.9. The molecule has 2 heterocycles. The average molecular weight is 293 g/mol. The van der Waals surface area contributed by atoms with Gasteiger partial charge in [-0.2, -0.15) is 0 Å². The van der Waals surface area contributed by atoms with Crippen molar-refractivity contribution in [3.63, 3.8) is 0 Å². The fourth-order valence-corrected chi connectivity index (χ4v) is 2.79. The molecule has 20 heavy (non-hydrogen) atoms. The maximum atomic E-state index is 12.9. The van der Waals surface area contributed by atoms with Gasteiger partial charge in [0.25, 0.3) is 0 Å². The van der Waals surface area contributed by atoms with Crippen LogP contribution in [0.2, 0.25) is 0 Å². The van der Waals surface area contributed by atoms with Crippen LogP contribution in [-0.4, -0.2) is 40.7 Å². The molecule has 1 aliphatic rings. The van der Waals surface area contributed by atoms with Gasteiger partial charge in [0, 0.05) is 49.9 Å². The molecule has 0 saturated carbocycles. The molecule has 1 aliphatic heterocycles. The first kappa shape index (κ1) is 13.3. The smallest absolute Gasteiger partial charge is 0.132 e. The molecule has 1 saturated heterocycles. The van der Waals surface area contributed by atoms with Crippen LogP contribution >= 0.6 is 11.5 Å². The summed E-state index contributed by atoms with van der Waals surface area (Å²) in [6.45, 7) is 4.47. The van der Waals surface area contributed by atoms with Crippen LogP contribution in [0.5, 0.6) is 0 Å². The topological polar surface area (TPSA) is 58.3 Å². The molecule has 0 unspecified atom stereocenters. The monoisotopic (exact) mass is 293 g/mol. The molecule has 1 aromatic heterocycles. The number of anilines is 2. The summed E-state index contributed by atoms with van der Waals surface area (Å²) in [7, 11) is 0. The van der Waals surface area contributed by atoms with Crippen LogP contribution < -0.4 is 10.6 Å². The van der Waals surface area contributed by atoms with E-state index in [4.69, 9.17) is 5.73 Å². The van der Waals surface area contributed by atoms with Crippen LogP contribution in [0.1, 0.15) is 5.69 Å². The van der Waals surface area contributed by atoms with Gasteiger partial charge in [-0.3, -0.25) is 4.90 Å². The minimum Gasteiger partial charge on any atom is -0.388 e. The molecule has 1 aromatic carbocycles. The minimum absolute atomic E-state index is 0.195. The quantitative estimate of drug-likeness (QED) is 0.931. The van der Waals surface area contributed by atoms with Crippen molar-refractivity contribution in [2.24, 2.45) is 0 Å². The molecule has 5 nitrogen and oxygen atoms in total. The number of nitrogens with two attached hydrogens (primary N) is 1. The Morgan fingerprint density at radius 3 is 2.45 bits per heavy atom. The van der Waals surface area contributed by atoms with E-state index < -0.39 is 0 Å². The Kier molecular flexibility index (Phi) is 3.79. The van der Waals surface area contributed by atoms with Gasteiger partial charge < -0.3 is 10.6 Å². The lowest BCUT2D eigenvalue weighted by atomic mass is 10.2. The zero-order chi connectivity index (χ0) is 13.9. The molecular formula is C13H16FN5S. The van der Waals surface area contributed by atoms with Crippen molar-refractivity contribution in [3.8, 4) is 0 Å². The Bertz CT molecular complexity index is 562. The van der Waals surface area contributed by atoms with Crippen molar-refractivity contribution in [2.45, 2.75) is 6.54 Å². The largest absolute Gasteiger partial charge is 0.388 e. The molecule has 2 aromatic rings. The first-order valence-corrected chi connectivity index (χ1v) is 7.29. The molecule has 0 amide bonds. The van der Waals surface area contributed by atoms with Gasteiger partial charge in [0.15, 0.2) is 0 Å². The number of nitrogen functional groups attached to an aromatic ring is 1. The lowest BCUT2D eigenvalue weighted by molar-refractivity contribution is 0.247. The van der Waals surface area contributed by atoms with Crippen LogP contribution in [0.4, 0.5) is 15.1 Å². The highest BCUT2D eigenvalue weighted by Gasteiger charge is 2.19. The molecule has 0 aliphatic carbocycles. The molecule has 0 radical (unpaired) electrons. The van der Waals surface area contributed by atoms with E-state index in [-0.39, 0.29) is 5.82 Å². The third-order valence-corrected chi connectivity index (χ3v) is 4.12. The van der Waals surface area contributed by atoms with Gasteiger partial charge in [-0.1, -0.05) is 4.49 Å². The lowest BCUT2D eigenvalue weighted by Gasteiger charge is -2.35. The Hall–Kier alpha value is -1.73. The van der Waals surface area contributed by atoms with Gasteiger partial charge in [-0.05, 0) is 24.3 Å². The Balaban J connectivity index is 1.57. The normalized spacial score (nSPS) is 16.6. The van der Waals surface area contributed by atoms with Crippen LogP contribution in [0.3, 0.4) is 0 Å². The van der Waals surface area contributed by atoms with Crippen molar-refractivity contribution < 1.29 is 4.39 Å². The number of hydrogen-bond donors (Lipinski definition) is 1. The number of piperazine rings is 1. The van der Waals surface area contributed by atoms with Crippen molar-refractivity contribution in [1.82, 2.24) is 14.5 Å². The van der Waals surface area contributed by atoms with Crippen LogP contribution in [0, 0.1) is 5.82 Å². The van der Waals surface area contributed by atoms with Crippen molar-refractivity contribution in [3.05, 3.63) is 35.8 Å². The number of halogens is 1. The number of benzene rings is 1. The predicted molar refractivity (Wildman–Crippen MR) is 78.2 cm³/mol. The highest BCUT2D eigenvalue weighted by atomic mass is 32.1. The van der Waals surface area contributed by atoms with Crippen molar-refractivity contribution in [2.75, 3.05) is 36.8 Å². The zero-order valence-electron chi connectivity index (χ0n) is 11.0. The van der Waals surface area contributed by atoms with E-state index in [1.807, 2.05) is 12.1 Å². The summed E-state index contributed by atoms with van der Waals surface area (Å²) in [5, 5.41) is 4.74. The summed E-state index contributed by atoms with van der Waals surface area (Å²) < 4.78 is 16.8. The summed E-state index contributed by atoms with van der Waals surface area (Å²) >= 11 is 1.24. The summed E-state index contributed by atoms with van der Waals surface area (Å²) in [4.78, 5) is 4.58. The average Bonchev–Trinajstić information content (AvgIpc) is 2.86. The second-order valence-electron chi connectivity index (χ2n) is 4.82. The van der Waals surface area contributed by atoms with Crippen molar-refractivity contribution in [1.29, 1.82) is 0 Å². The van der Waals surface area contributed by atoms with E-state index >= 15 is 0 Å². The van der Waals surface area contributed by atoms with E-state index in [0.29, 0.717) is 5.00 Å². The second-order valence-corrected chi connectivity index (χ2v) is 5.61. The first-order valence-electron chi connectivity index (χ1n) is 6.52. The van der Waals surface area contributed by atoms with Crippen LogP contribution in [-0.2, 0) is 6.54 Å². The van der Waals surface area contributed by atoms with Gasteiger partial charge in [0.1, 0.15) is 16.5 Å². The summed E-state index contributed by atoms with van der Waals surface area (Å²) in [5.41, 5.74) is 7.75. The van der Waals surface area contributed by atoms with Gasteiger partial charge >= 0.3 is 0 Å². The van der Waals surface area contributed by atoms with E-state index in [1.54, 1.807) is 0 Å². The number of aromatic nitrogens is 2. The molecule has 0 bridgehead atoms. The molecule has 2 N–H and O–H groups in total. The molecular weight excluding hydrogens is 277 g/mol. The molecule has 7 heteroatoms. The Morgan fingerprint density at radius 2 is 1.85 bits per heavy atom. The lowest BCUT2D eigenvalue weighted by Crippen LogP contribution is -2.46. The second kappa shape index (κ2) is 5.72. The number of rotatable bonds is 3. The maximum Gasteiger partial charge on any atom is 0.132 e. The third-order valence-electron chi connectivity index (χ3n) is 3.52. The Labute approximate surface area is 121 Å². The highest BCUT2D eigenvalue weighted by molar-refractivity contribution is 7.09. The van der Waals surface area contributed by atoms with E-state index in [2.05, 4.69) is 19.4 Å². The third kappa shape index (κ3) is 2.88. The number of hydrogen-bond acceptors (Lipinski definition) is 6. The number of nitrogens with zero attached hydrogens (tertiary/aromatic N) is 4. The van der Waals surface area contributed by atoms with Crippen molar-refractivity contribution >= 4 is 22.2 Å². The molecule has 1 fully saturated rings. The summed E-state index contributed by atoms with van der Waals surface area (Å²) in [6.07, 6.45) is 0. The fraction of sp³-hybridized carbons (Fsp3) is 0.385. The van der Waals surface area contributed by atoms with Gasteiger partial charge in [0.05, 0.1) is 0 Å². The standard InChI is InChI=1S/C13H16FN5S/c14-10-1-3-11(4-2-10)19-7-5-18(6-8-19)9-12-13(15)20-17-16-12/h1-4H,5-9,15H2. The van der Waals surface area contributed by atoms with E-state index in [9.17, 15) is 4.39 Å². The molecule has 106 valence electrons. The van der Waals surface area contributed by atoms with Crippen LogP contribution in [0.25, 0.3) is 0 Å². The van der Waals surface area contributed by atoms with Gasteiger partial charge in [0.2, 0.25) is 0 Å². The molecule has 0 spiro atoms. The van der Waals surface area contributed by atoms with Gasteiger partial charge in [-0.25, -0.2) is 4.39 Å². The fourth-order valence-electron chi connectivity index (χ4n) is 2.35. The first-order chi connectivity index (χ1) is 9.72. The Morgan fingerprint density at radius 1 is 1.15 bits per heavy atom. The summed E-state index contributed by atoms with van der Waals surface area (Å²) in [5.74, 6) is -0.195. The molecule has 3 rings (SSSR count). The molecule has 0 atom stereocenters. The van der Waals surface area contributed by atoms with E-state index in [1.165, 1.54) is 23.7 Å². The summed E-state index contributed by atoms with van der Waals surface area (Å²) in [6, 6.07) is 6.66. The van der Waals surface area contributed by atoms with Crippen LogP contribution in [0.15, 0.2) is 24.3 Å². The predicted octanol–water partition coefficient (Wildman–Crippen LogP) is 1.58. The highest BCUT2D eigenvalue weighted by Crippen LogP contribution is 2.19. The SMILES string of the molecule is Nc1snnc1CN1CCN(c2ccc(F)cc2)CC1. The van der Waals surface area contributed by atoms with E-state index in [0.717, 1.165) is 44.1 Å². The minimum atomic E-state index is -0.195.